The van der Waals surface area contributed by atoms with E-state index in [9.17, 15) is 24.6 Å². The number of aromatic amines is 1. The van der Waals surface area contributed by atoms with E-state index in [4.69, 9.17) is 0 Å². The molecule has 0 saturated carbocycles. The second kappa shape index (κ2) is 4.94. The summed E-state index contributed by atoms with van der Waals surface area (Å²) >= 11 is 0. The van der Waals surface area contributed by atoms with Crippen LogP contribution in [0.4, 0.5) is 15.8 Å². The van der Waals surface area contributed by atoms with Crippen LogP contribution < -0.4 is 4.57 Å². The van der Waals surface area contributed by atoms with Crippen molar-refractivity contribution in [2.24, 2.45) is 7.05 Å². The molecular formula is C16H10FN4O4+. The van der Waals surface area contributed by atoms with E-state index in [-0.39, 0.29) is 16.9 Å². The molecule has 1 N–H and O–H groups in total. The molecule has 2 aromatic carbocycles. The van der Waals surface area contributed by atoms with Gasteiger partial charge in [0.25, 0.3) is 11.4 Å². The van der Waals surface area contributed by atoms with E-state index in [0.717, 1.165) is 11.5 Å². The number of fused-ring (bicyclic) bond motifs is 4. The number of hydrogen-bond acceptors (Lipinski definition) is 4. The van der Waals surface area contributed by atoms with Gasteiger partial charge in [0.05, 0.1) is 21.3 Å². The van der Waals surface area contributed by atoms with Gasteiger partial charge in [-0.2, -0.15) is 4.57 Å². The SMILES string of the molecule is C[n+]1c2cc(F)ccc2cc2[nH]c3c([N+](=O)[O-])cc([N+](=O)[O-])cc3c21. The van der Waals surface area contributed by atoms with Crippen LogP contribution in [0.3, 0.4) is 0 Å². The fourth-order valence-corrected chi connectivity index (χ4v) is 3.19. The summed E-state index contributed by atoms with van der Waals surface area (Å²) in [5.41, 5.74) is 1.11. The van der Waals surface area contributed by atoms with Gasteiger partial charge in [-0.3, -0.25) is 20.2 Å². The summed E-state index contributed by atoms with van der Waals surface area (Å²) in [7, 11) is 1.68. The zero-order valence-corrected chi connectivity index (χ0v) is 12.8. The van der Waals surface area contributed by atoms with Crippen LogP contribution in [0, 0.1) is 26.0 Å². The fourth-order valence-electron chi connectivity index (χ4n) is 3.19. The topological polar surface area (TPSA) is 106 Å². The molecular weight excluding hydrogens is 331 g/mol. The van der Waals surface area contributed by atoms with E-state index < -0.39 is 15.7 Å². The van der Waals surface area contributed by atoms with Crippen LogP contribution in [-0.4, -0.2) is 14.8 Å². The van der Waals surface area contributed by atoms with E-state index in [1.165, 1.54) is 18.2 Å². The molecule has 0 radical (unpaired) electrons. The van der Waals surface area contributed by atoms with Crippen molar-refractivity contribution in [2.45, 2.75) is 0 Å². The lowest BCUT2D eigenvalue weighted by Gasteiger charge is -1.99. The lowest BCUT2D eigenvalue weighted by Crippen LogP contribution is -2.29. The lowest BCUT2D eigenvalue weighted by molar-refractivity contribution is -0.616. The largest absolute Gasteiger partial charge is 0.344 e. The highest BCUT2D eigenvalue weighted by atomic mass is 19.1. The van der Waals surface area contributed by atoms with Crippen molar-refractivity contribution in [3.63, 3.8) is 0 Å². The number of benzene rings is 2. The zero-order valence-electron chi connectivity index (χ0n) is 12.8. The number of nitrogens with one attached hydrogen (secondary N) is 1. The Balaban J connectivity index is 2.25. The zero-order chi connectivity index (χ0) is 17.9. The van der Waals surface area contributed by atoms with Crippen molar-refractivity contribution < 1.29 is 18.8 Å². The minimum absolute atomic E-state index is 0.192. The van der Waals surface area contributed by atoms with E-state index in [1.54, 1.807) is 23.7 Å². The molecule has 8 nitrogen and oxygen atoms in total. The summed E-state index contributed by atoms with van der Waals surface area (Å²) < 4.78 is 15.3. The number of rotatable bonds is 2. The summed E-state index contributed by atoms with van der Waals surface area (Å²) in [5.74, 6) is -0.417. The Morgan fingerprint density at radius 1 is 1.08 bits per heavy atom. The first-order valence-electron chi connectivity index (χ1n) is 7.23. The highest BCUT2D eigenvalue weighted by Crippen LogP contribution is 2.35. The molecule has 4 aromatic rings. The first-order valence-corrected chi connectivity index (χ1v) is 7.23. The Labute approximate surface area is 138 Å². The van der Waals surface area contributed by atoms with Gasteiger partial charge in [0.1, 0.15) is 23.9 Å². The predicted octanol–water partition coefficient (Wildman–Crippen LogP) is 3.25. The summed E-state index contributed by atoms with van der Waals surface area (Å²) in [5, 5.41) is 23.5. The quantitative estimate of drug-likeness (QED) is 0.343. The third kappa shape index (κ3) is 2.09. The summed E-state index contributed by atoms with van der Waals surface area (Å²) in [6, 6.07) is 8.22. The normalized spacial score (nSPS) is 11.4. The van der Waals surface area contributed by atoms with Gasteiger partial charge < -0.3 is 4.98 Å². The number of H-pyrrole nitrogens is 1. The van der Waals surface area contributed by atoms with Crippen LogP contribution in [0.2, 0.25) is 0 Å². The molecule has 0 unspecified atom stereocenters. The molecule has 124 valence electrons. The van der Waals surface area contributed by atoms with Crippen LogP contribution in [0.1, 0.15) is 0 Å². The molecule has 0 atom stereocenters. The van der Waals surface area contributed by atoms with Gasteiger partial charge in [-0.1, -0.05) is 0 Å². The van der Waals surface area contributed by atoms with Gasteiger partial charge in [0, 0.05) is 17.5 Å². The third-order valence-electron chi connectivity index (χ3n) is 4.27. The third-order valence-corrected chi connectivity index (χ3v) is 4.27. The van der Waals surface area contributed by atoms with Gasteiger partial charge in [-0.15, -0.1) is 0 Å². The van der Waals surface area contributed by atoms with Gasteiger partial charge in [0.15, 0.2) is 0 Å². The molecule has 4 rings (SSSR count). The van der Waals surface area contributed by atoms with E-state index in [2.05, 4.69) is 4.98 Å². The number of hydrogen-bond donors (Lipinski definition) is 1. The van der Waals surface area contributed by atoms with Crippen LogP contribution in [0.15, 0.2) is 36.4 Å². The second-order valence-electron chi connectivity index (χ2n) is 5.70. The highest BCUT2D eigenvalue weighted by Gasteiger charge is 2.27. The Morgan fingerprint density at radius 2 is 1.84 bits per heavy atom. The Hall–Kier alpha value is -3.62. The summed E-state index contributed by atoms with van der Waals surface area (Å²) in [6.07, 6.45) is 0. The minimum Gasteiger partial charge on any atom is -0.344 e. The highest BCUT2D eigenvalue weighted by molar-refractivity contribution is 6.09. The minimum atomic E-state index is -0.675. The van der Waals surface area contributed by atoms with Gasteiger partial charge in [0.2, 0.25) is 11.0 Å². The Morgan fingerprint density at radius 3 is 2.52 bits per heavy atom. The molecule has 0 bridgehead atoms. The molecule has 0 fully saturated rings. The van der Waals surface area contributed by atoms with Crippen molar-refractivity contribution >= 4 is 44.2 Å². The Bertz CT molecular complexity index is 1230. The van der Waals surface area contributed by atoms with E-state index >= 15 is 0 Å². The monoisotopic (exact) mass is 341 g/mol. The van der Waals surface area contributed by atoms with Crippen LogP contribution in [0.5, 0.6) is 0 Å². The number of aromatic nitrogens is 2. The predicted molar refractivity (Wildman–Crippen MR) is 87.8 cm³/mol. The summed E-state index contributed by atoms with van der Waals surface area (Å²) in [6.45, 7) is 0. The number of nitrogens with zero attached hydrogens (tertiary/aromatic N) is 3. The Kier molecular flexibility index (Phi) is 2.95. The van der Waals surface area contributed by atoms with Gasteiger partial charge >= 0.3 is 0 Å². The van der Waals surface area contributed by atoms with E-state index in [1.807, 2.05) is 0 Å². The molecule has 2 aromatic heterocycles. The molecule has 0 spiro atoms. The number of pyridine rings is 1. The number of aryl methyl sites for hydroxylation is 1. The number of nitro benzene ring substituents is 2. The molecule has 0 amide bonds. The second-order valence-corrected chi connectivity index (χ2v) is 5.70. The van der Waals surface area contributed by atoms with Crippen molar-refractivity contribution in [1.82, 2.24) is 4.98 Å². The number of nitro groups is 2. The number of non-ortho nitro benzene ring substituents is 2. The lowest BCUT2D eigenvalue weighted by atomic mass is 10.1. The standard InChI is InChI=1S/C16H9FN4O4/c1-19-13-5-9(17)3-2-8(13)4-12-16(19)11-6-10(20(22)23)7-14(21(24)25)15(11)18-12/h2-7H,1H3/p+1. The fraction of sp³-hybridized carbons (Fsp3) is 0.0625. The maximum atomic E-state index is 13.6. The van der Waals surface area contributed by atoms with Crippen LogP contribution >= 0.6 is 0 Å². The molecule has 0 aliphatic heterocycles. The molecule has 25 heavy (non-hydrogen) atoms. The molecule has 0 saturated heterocycles. The maximum Gasteiger partial charge on any atom is 0.300 e. The van der Waals surface area contributed by atoms with E-state index in [0.29, 0.717) is 21.9 Å². The maximum absolute atomic E-state index is 13.6. The van der Waals surface area contributed by atoms with Crippen LogP contribution in [-0.2, 0) is 7.05 Å². The molecule has 2 heterocycles. The summed E-state index contributed by atoms with van der Waals surface area (Å²) in [4.78, 5) is 24.1. The first kappa shape index (κ1) is 14.9. The first-order chi connectivity index (χ1) is 11.9. The smallest absolute Gasteiger partial charge is 0.300 e. The van der Waals surface area contributed by atoms with Crippen molar-refractivity contribution in [3.05, 3.63) is 62.4 Å². The molecule has 0 aliphatic carbocycles. The van der Waals surface area contributed by atoms with Crippen molar-refractivity contribution in [1.29, 1.82) is 0 Å². The van der Waals surface area contributed by atoms with Crippen LogP contribution in [0.25, 0.3) is 32.8 Å². The average Bonchev–Trinajstić information content (AvgIpc) is 2.92. The van der Waals surface area contributed by atoms with Gasteiger partial charge in [-0.25, -0.2) is 4.39 Å². The van der Waals surface area contributed by atoms with Gasteiger partial charge in [-0.05, 0) is 18.2 Å². The molecule has 9 heteroatoms. The average molecular weight is 341 g/mol. The van der Waals surface area contributed by atoms with Crippen molar-refractivity contribution in [3.8, 4) is 0 Å². The number of halogens is 1. The van der Waals surface area contributed by atoms with Crippen molar-refractivity contribution in [2.75, 3.05) is 0 Å². The molecule has 0 aliphatic rings.